The van der Waals surface area contributed by atoms with Crippen molar-refractivity contribution in [2.24, 2.45) is 11.8 Å². The fourth-order valence-corrected chi connectivity index (χ4v) is 3.71. The molecular formula is C18H18N2O6. The van der Waals surface area contributed by atoms with Crippen molar-refractivity contribution in [3.05, 3.63) is 51.2 Å². The van der Waals surface area contributed by atoms with Gasteiger partial charge in [0.15, 0.2) is 5.78 Å². The van der Waals surface area contributed by atoms with Crippen LogP contribution in [0.5, 0.6) is 0 Å². The SMILES string of the molecule is COC(=O)[C@H]1C(=O)C2=C(C[C@@H]1C)NC(=O)C[C@@H]2c1ccc([N+](=O)[O-])cc1. The van der Waals surface area contributed by atoms with Gasteiger partial charge in [-0.1, -0.05) is 19.1 Å². The van der Waals surface area contributed by atoms with Crippen LogP contribution in [0.3, 0.4) is 0 Å². The fraction of sp³-hybridized carbons (Fsp3) is 0.389. The molecule has 8 heteroatoms. The second kappa shape index (κ2) is 6.70. The second-order valence-corrected chi connectivity index (χ2v) is 6.59. The number of allylic oxidation sites excluding steroid dienone is 2. The monoisotopic (exact) mass is 358 g/mol. The van der Waals surface area contributed by atoms with Gasteiger partial charge in [-0.25, -0.2) is 0 Å². The number of carbonyl (C=O) groups excluding carboxylic acids is 3. The highest BCUT2D eigenvalue weighted by atomic mass is 16.6. The Balaban J connectivity index is 2.04. The van der Waals surface area contributed by atoms with Crippen LogP contribution in [-0.2, 0) is 19.1 Å². The molecular weight excluding hydrogens is 340 g/mol. The molecule has 1 aliphatic heterocycles. The number of rotatable bonds is 3. The number of nitro groups is 1. The third kappa shape index (κ3) is 2.98. The first-order valence-electron chi connectivity index (χ1n) is 8.22. The van der Waals surface area contributed by atoms with Crippen LogP contribution in [0.1, 0.15) is 31.2 Å². The Morgan fingerprint density at radius 3 is 2.46 bits per heavy atom. The molecule has 0 fully saturated rings. The highest BCUT2D eigenvalue weighted by Crippen LogP contribution is 2.42. The molecule has 1 amide bonds. The number of ketones is 1. The predicted octanol–water partition coefficient (Wildman–Crippen LogP) is 1.85. The van der Waals surface area contributed by atoms with E-state index < -0.39 is 22.7 Å². The summed E-state index contributed by atoms with van der Waals surface area (Å²) in [6.07, 6.45) is 0.431. The first-order valence-corrected chi connectivity index (χ1v) is 8.22. The van der Waals surface area contributed by atoms with Crippen LogP contribution in [-0.4, -0.2) is 29.7 Å². The number of non-ortho nitro benzene ring substituents is 1. The van der Waals surface area contributed by atoms with Gasteiger partial charge in [-0.2, -0.15) is 0 Å². The molecule has 1 aliphatic carbocycles. The molecule has 3 atom stereocenters. The van der Waals surface area contributed by atoms with Crippen LogP contribution in [0.15, 0.2) is 35.5 Å². The van der Waals surface area contributed by atoms with Crippen molar-refractivity contribution < 1.29 is 24.0 Å². The zero-order chi connectivity index (χ0) is 19.0. The van der Waals surface area contributed by atoms with Gasteiger partial charge in [0.1, 0.15) is 5.92 Å². The number of nitrogens with zero attached hydrogens (tertiary/aromatic N) is 1. The van der Waals surface area contributed by atoms with E-state index in [-0.39, 0.29) is 29.7 Å². The predicted molar refractivity (Wildman–Crippen MR) is 89.9 cm³/mol. The summed E-state index contributed by atoms with van der Waals surface area (Å²) in [5.74, 6) is -2.89. The lowest BCUT2D eigenvalue weighted by molar-refractivity contribution is -0.384. The molecule has 0 unspecified atom stereocenters. The Bertz CT molecular complexity index is 827. The molecule has 0 radical (unpaired) electrons. The van der Waals surface area contributed by atoms with Crippen LogP contribution in [0, 0.1) is 22.0 Å². The molecule has 0 bridgehead atoms. The van der Waals surface area contributed by atoms with Gasteiger partial charge in [-0.05, 0) is 17.9 Å². The average molecular weight is 358 g/mol. The van der Waals surface area contributed by atoms with Crippen LogP contribution in [0.2, 0.25) is 0 Å². The smallest absolute Gasteiger partial charge is 0.316 e. The third-order valence-electron chi connectivity index (χ3n) is 4.96. The molecule has 1 heterocycles. The Morgan fingerprint density at radius 1 is 1.23 bits per heavy atom. The molecule has 26 heavy (non-hydrogen) atoms. The van der Waals surface area contributed by atoms with Crippen LogP contribution in [0.25, 0.3) is 0 Å². The lowest BCUT2D eigenvalue weighted by Crippen LogP contribution is -2.44. The summed E-state index contributed by atoms with van der Waals surface area (Å²) in [5.41, 5.74) is 1.48. The minimum absolute atomic E-state index is 0.0463. The van der Waals surface area contributed by atoms with E-state index in [9.17, 15) is 24.5 Å². The number of methoxy groups -OCH3 is 1. The zero-order valence-electron chi connectivity index (χ0n) is 14.4. The van der Waals surface area contributed by atoms with Gasteiger partial charge in [0.25, 0.3) is 5.69 Å². The summed E-state index contributed by atoms with van der Waals surface area (Å²) in [7, 11) is 1.24. The number of nitro benzene ring substituents is 1. The van der Waals surface area contributed by atoms with Crippen molar-refractivity contribution >= 4 is 23.3 Å². The molecule has 1 N–H and O–H groups in total. The van der Waals surface area contributed by atoms with Gasteiger partial charge in [0.05, 0.1) is 12.0 Å². The summed E-state index contributed by atoms with van der Waals surface area (Å²) in [6.45, 7) is 1.77. The van der Waals surface area contributed by atoms with Gasteiger partial charge in [-0.3, -0.25) is 24.5 Å². The lowest BCUT2D eigenvalue weighted by atomic mass is 9.70. The van der Waals surface area contributed by atoms with E-state index in [0.29, 0.717) is 23.3 Å². The summed E-state index contributed by atoms with van der Waals surface area (Å²) in [4.78, 5) is 47.5. The van der Waals surface area contributed by atoms with E-state index in [4.69, 9.17) is 4.74 Å². The molecule has 0 spiro atoms. The molecule has 1 aromatic carbocycles. The van der Waals surface area contributed by atoms with Crippen molar-refractivity contribution in [1.29, 1.82) is 0 Å². The maximum atomic E-state index is 13.0. The molecule has 0 saturated heterocycles. The number of hydrogen-bond donors (Lipinski definition) is 1. The minimum Gasteiger partial charge on any atom is -0.468 e. The van der Waals surface area contributed by atoms with Crippen LogP contribution < -0.4 is 5.32 Å². The normalized spacial score (nSPS) is 25.4. The fourth-order valence-electron chi connectivity index (χ4n) is 3.71. The topological polar surface area (TPSA) is 116 Å². The van der Waals surface area contributed by atoms with Crippen molar-refractivity contribution in [2.75, 3.05) is 7.11 Å². The number of nitrogens with one attached hydrogen (secondary N) is 1. The second-order valence-electron chi connectivity index (χ2n) is 6.59. The van der Waals surface area contributed by atoms with Crippen molar-refractivity contribution in [3.8, 4) is 0 Å². The number of carbonyl (C=O) groups is 3. The van der Waals surface area contributed by atoms with E-state index in [2.05, 4.69) is 5.32 Å². The van der Waals surface area contributed by atoms with Gasteiger partial charge in [0, 0.05) is 35.7 Å². The Labute approximate surface area is 149 Å². The highest BCUT2D eigenvalue weighted by molar-refractivity contribution is 6.11. The van der Waals surface area contributed by atoms with Gasteiger partial charge < -0.3 is 10.1 Å². The third-order valence-corrected chi connectivity index (χ3v) is 4.96. The zero-order valence-corrected chi connectivity index (χ0v) is 14.4. The molecule has 2 aliphatic rings. The van der Waals surface area contributed by atoms with Gasteiger partial charge >= 0.3 is 5.97 Å². The van der Waals surface area contributed by atoms with E-state index >= 15 is 0 Å². The Morgan fingerprint density at radius 2 is 1.88 bits per heavy atom. The Hall–Kier alpha value is -3.03. The maximum absolute atomic E-state index is 13.0. The van der Waals surface area contributed by atoms with Crippen molar-refractivity contribution in [3.63, 3.8) is 0 Å². The van der Waals surface area contributed by atoms with Crippen molar-refractivity contribution in [2.45, 2.75) is 25.7 Å². The van der Waals surface area contributed by atoms with E-state index in [1.807, 2.05) is 0 Å². The van der Waals surface area contributed by atoms with E-state index in [1.165, 1.54) is 19.2 Å². The molecule has 0 saturated carbocycles. The number of esters is 1. The van der Waals surface area contributed by atoms with Gasteiger partial charge in [0.2, 0.25) is 5.91 Å². The number of Topliss-reactive ketones (excluding diaryl/α,β-unsaturated/α-hetero) is 1. The average Bonchev–Trinajstić information content (AvgIpc) is 2.60. The largest absolute Gasteiger partial charge is 0.468 e. The first kappa shape index (κ1) is 17.8. The van der Waals surface area contributed by atoms with Gasteiger partial charge in [-0.15, -0.1) is 0 Å². The van der Waals surface area contributed by atoms with E-state index in [0.717, 1.165) is 0 Å². The summed E-state index contributed by atoms with van der Waals surface area (Å²) in [5, 5.41) is 13.6. The number of amides is 1. The summed E-state index contributed by atoms with van der Waals surface area (Å²) < 4.78 is 4.77. The quantitative estimate of drug-likeness (QED) is 0.381. The summed E-state index contributed by atoms with van der Waals surface area (Å²) >= 11 is 0. The number of hydrogen-bond acceptors (Lipinski definition) is 6. The van der Waals surface area contributed by atoms with Crippen LogP contribution in [0.4, 0.5) is 5.69 Å². The molecule has 3 rings (SSSR count). The van der Waals surface area contributed by atoms with E-state index in [1.54, 1.807) is 19.1 Å². The Kier molecular flexibility index (Phi) is 4.58. The van der Waals surface area contributed by atoms with Crippen LogP contribution >= 0.6 is 0 Å². The number of benzene rings is 1. The lowest BCUT2D eigenvalue weighted by Gasteiger charge is -2.36. The first-order chi connectivity index (χ1) is 12.3. The molecule has 0 aromatic heterocycles. The van der Waals surface area contributed by atoms with Crippen molar-refractivity contribution in [1.82, 2.24) is 5.32 Å². The number of ether oxygens (including phenoxy) is 1. The molecule has 1 aromatic rings. The summed E-state index contributed by atoms with van der Waals surface area (Å²) in [6, 6.07) is 5.78. The molecule has 136 valence electrons. The molecule has 8 nitrogen and oxygen atoms in total. The minimum atomic E-state index is -0.908. The standard InChI is InChI=1S/C18H18N2O6/c1-9-7-13-16(17(22)15(9)18(23)26-2)12(8-14(21)19-13)10-3-5-11(6-4-10)20(24)25/h3-6,9,12,15H,7-8H2,1-2H3,(H,19,21)/t9-,12+,15+/m0/s1. The highest BCUT2D eigenvalue weighted by Gasteiger charge is 2.45. The maximum Gasteiger partial charge on any atom is 0.316 e.